The molecule has 88 valence electrons. The van der Waals surface area contributed by atoms with E-state index in [2.05, 4.69) is 16.4 Å². The Kier molecular flexibility index (Phi) is 2.91. The predicted octanol–water partition coefficient (Wildman–Crippen LogP) is 3.34. The van der Waals surface area contributed by atoms with Crippen LogP contribution in [0.4, 0.5) is 5.69 Å². The molecule has 1 aromatic carbocycles. The largest absolute Gasteiger partial charge is 0.493 e. The molecule has 0 unspecified atom stereocenters. The first-order valence-corrected chi connectivity index (χ1v) is 6.61. The Balaban J connectivity index is 1.75. The number of nitrogens with zero attached hydrogens (tertiary/aromatic N) is 1. The molecule has 2 aromatic rings. The van der Waals surface area contributed by atoms with Gasteiger partial charge in [0.25, 0.3) is 0 Å². The fourth-order valence-electron chi connectivity index (χ4n) is 1.94. The van der Waals surface area contributed by atoms with Crippen molar-refractivity contribution in [1.82, 2.24) is 4.98 Å². The number of hydrogen-bond donors (Lipinski definition) is 1. The van der Waals surface area contributed by atoms with E-state index in [9.17, 15) is 0 Å². The molecule has 1 N–H and O–H groups in total. The molecule has 0 atom stereocenters. The minimum atomic E-state index is 0.587. The van der Waals surface area contributed by atoms with Crippen molar-refractivity contribution in [3.05, 3.63) is 39.3 Å². The number of thiazole rings is 1. The van der Waals surface area contributed by atoms with E-state index < -0.39 is 0 Å². The zero-order valence-corrected chi connectivity index (χ0v) is 10.6. The molecule has 0 saturated carbocycles. The van der Waals surface area contributed by atoms with Crippen LogP contribution >= 0.6 is 22.9 Å². The summed E-state index contributed by atoms with van der Waals surface area (Å²) >= 11 is 7.30. The Hall–Kier alpha value is -1.26. The van der Waals surface area contributed by atoms with Gasteiger partial charge in [-0.05, 0) is 12.1 Å². The Bertz CT molecular complexity index is 541. The molecular weight excluding hydrogens is 256 g/mol. The van der Waals surface area contributed by atoms with Crippen molar-refractivity contribution in [2.45, 2.75) is 13.0 Å². The van der Waals surface area contributed by atoms with E-state index in [1.165, 1.54) is 16.9 Å². The van der Waals surface area contributed by atoms with Crippen LogP contribution in [0.3, 0.4) is 0 Å². The molecule has 0 spiro atoms. The van der Waals surface area contributed by atoms with Crippen LogP contribution in [0.2, 0.25) is 4.47 Å². The van der Waals surface area contributed by atoms with Gasteiger partial charge in [-0.25, -0.2) is 4.98 Å². The van der Waals surface area contributed by atoms with Gasteiger partial charge in [0.2, 0.25) is 0 Å². The second-order valence-electron chi connectivity index (χ2n) is 3.81. The summed E-state index contributed by atoms with van der Waals surface area (Å²) in [6.07, 6.45) is 2.78. The third kappa shape index (κ3) is 2.23. The second-order valence-corrected chi connectivity index (χ2v) is 5.51. The van der Waals surface area contributed by atoms with E-state index in [1.807, 2.05) is 12.1 Å². The maximum Gasteiger partial charge on any atom is 0.183 e. The number of nitrogens with one attached hydrogen (secondary N) is 1. The van der Waals surface area contributed by atoms with Crippen molar-refractivity contribution >= 4 is 28.6 Å². The molecule has 17 heavy (non-hydrogen) atoms. The van der Waals surface area contributed by atoms with E-state index in [-0.39, 0.29) is 0 Å². The lowest BCUT2D eigenvalue weighted by atomic mass is 10.1. The molecule has 0 fully saturated rings. The first-order valence-electron chi connectivity index (χ1n) is 5.42. The van der Waals surface area contributed by atoms with Crippen LogP contribution in [0.15, 0.2) is 24.4 Å². The molecule has 3 nitrogen and oxygen atoms in total. The summed E-state index contributed by atoms with van der Waals surface area (Å²) in [7, 11) is 0. The molecule has 1 aliphatic heterocycles. The molecule has 0 bridgehead atoms. The molecule has 3 rings (SSSR count). The van der Waals surface area contributed by atoms with Crippen LogP contribution < -0.4 is 10.1 Å². The number of hydrogen-bond acceptors (Lipinski definition) is 4. The van der Waals surface area contributed by atoms with E-state index in [0.717, 1.165) is 35.9 Å². The molecule has 5 heteroatoms. The standard InChI is InChI=1S/C12H11ClN2OS/c13-12-15-7-8(17-12)6-14-10-2-1-3-11-9(10)4-5-16-11/h1-3,7,14H,4-6H2. The highest BCUT2D eigenvalue weighted by molar-refractivity contribution is 7.15. The Labute approximate surface area is 108 Å². The van der Waals surface area contributed by atoms with E-state index in [1.54, 1.807) is 6.20 Å². The van der Waals surface area contributed by atoms with Gasteiger partial charge in [-0.3, -0.25) is 0 Å². The summed E-state index contributed by atoms with van der Waals surface area (Å²) in [4.78, 5) is 5.15. The van der Waals surface area contributed by atoms with Crippen molar-refractivity contribution in [1.29, 1.82) is 0 Å². The fourth-order valence-corrected chi connectivity index (χ4v) is 2.85. The number of ether oxygens (including phenoxy) is 1. The second kappa shape index (κ2) is 4.55. The average Bonchev–Trinajstić information content (AvgIpc) is 2.94. The average molecular weight is 267 g/mol. The Morgan fingerprint density at radius 2 is 2.41 bits per heavy atom. The molecule has 0 amide bonds. The fraction of sp³-hybridized carbons (Fsp3) is 0.250. The molecule has 1 aromatic heterocycles. The number of halogens is 1. The van der Waals surface area contributed by atoms with E-state index in [0.29, 0.717) is 4.47 Å². The van der Waals surface area contributed by atoms with Crippen molar-refractivity contribution in [3.8, 4) is 5.75 Å². The lowest BCUT2D eigenvalue weighted by Crippen LogP contribution is -1.99. The molecule has 1 aliphatic rings. The van der Waals surface area contributed by atoms with E-state index >= 15 is 0 Å². The lowest BCUT2D eigenvalue weighted by molar-refractivity contribution is 0.357. The summed E-state index contributed by atoms with van der Waals surface area (Å²) < 4.78 is 6.11. The highest BCUT2D eigenvalue weighted by Crippen LogP contribution is 2.32. The Morgan fingerprint density at radius 1 is 1.47 bits per heavy atom. The van der Waals surface area contributed by atoms with Crippen LogP contribution in [-0.4, -0.2) is 11.6 Å². The molecule has 2 heterocycles. The van der Waals surface area contributed by atoms with Gasteiger partial charge in [0, 0.05) is 28.7 Å². The highest BCUT2D eigenvalue weighted by atomic mass is 35.5. The van der Waals surface area contributed by atoms with Crippen LogP contribution in [0, 0.1) is 0 Å². The maximum atomic E-state index is 5.80. The molecule has 0 radical (unpaired) electrons. The molecular formula is C12H11ClN2OS. The van der Waals surface area contributed by atoms with E-state index in [4.69, 9.17) is 16.3 Å². The van der Waals surface area contributed by atoms with Gasteiger partial charge in [0.05, 0.1) is 13.2 Å². The third-order valence-electron chi connectivity index (χ3n) is 2.72. The van der Waals surface area contributed by atoms with Gasteiger partial charge in [0.1, 0.15) is 5.75 Å². The van der Waals surface area contributed by atoms with Gasteiger partial charge < -0.3 is 10.1 Å². The molecule has 0 saturated heterocycles. The number of aromatic nitrogens is 1. The van der Waals surface area contributed by atoms with Crippen LogP contribution in [0.5, 0.6) is 5.75 Å². The summed E-state index contributed by atoms with van der Waals surface area (Å²) in [6.45, 7) is 1.53. The number of rotatable bonds is 3. The van der Waals surface area contributed by atoms with Gasteiger partial charge in [-0.15, -0.1) is 11.3 Å². The van der Waals surface area contributed by atoms with Gasteiger partial charge in [-0.1, -0.05) is 17.7 Å². The number of fused-ring (bicyclic) bond motifs is 1. The minimum absolute atomic E-state index is 0.587. The van der Waals surface area contributed by atoms with Crippen LogP contribution in [0.25, 0.3) is 0 Å². The zero-order valence-electron chi connectivity index (χ0n) is 9.07. The minimum Gasteiger partial charge on any atom is -0.493 e. The first kappa shape index (κ1) is 10.9. The normalized spacial score (nSPS) is 13.2. The highest BCUT2D eigenvalue weighted by Gasteiger charge is 2.15. The van der Waals surface area contributed by atoms with Crippen molar-refractivity contribution < 1.29 is 4.74 Å². The smallest absolute Gasteiger partial charge is 0.183 e. The van der Waals surface area contributed by atoms with Gasteiger partial charge >= 0.3 is 0 Å². The number of anilines is 1. The number of benzene rings is 1. The quantitative estimate of drug-likeness (QED) is 0.925. The van der Waals surface area contributed by atoms with Crippen LogP contribution in [0.1, 0.15) is 10.4 Å². The molecule has 0 aliphatic carbocycles. The van der Waals surface area contributed by atoms with Crippen molar-refractivity contribution in [3.63, 3.8) is 0 Å². The first-order chi connectivity index (χ1) is 8.33. The summed E-state index contributed by atoms with van der Waals surface area (Å²) in [5, 5.41) is 3.41. The van der Waals surface area contributed by atoms with Crippen molar-refractivity contribution in [2.24, 2.45) is 0 Å². The Morgan fingerprint density at radius 3 is 3.24 bits per heavy atom. The van der Waals surface area contributed by atoms with Gasteiger partial charge in [-0.2, -0.15) is 0 Å². The summed E-state index contributed by atoms with van der Waals surface area (Å²) in [5.41, 5.74) is 2.41. The predicted molar refractivity (Wildman–Crippen MR) is 70.1 cm³/mol. The summed E-state index contributed by atoms with van der Waals surface area (Å²) in [6, 6.07) is 6.10. The summed E-state index contributed by atoms with van der Waals surface area (Å²) in [5.74, 6) is 0.998. The van der Waals surface area contributed by atoms with Gasteiger partial charge in [0.15, 0.2) is 4.47 Å². The van der Waals surface area contributed by atoms with Crippen molar-refractivity contribution in [2.75, 3.05) is 11.9 Å². The topological polar surface area (TPSA) is 34.2 Å². The monoisotopic (exact) mass is 266 g/mol. The van der Waals surface area contributed by atoms with Crippen LogP contribution in [-0.2, 0) is 13.0 Å². The maximum absolute atomic E-state index is 5.80. The third-order valence-corrected chi connectivity index (χ3v) is 3.84. The lowest BCUT2D eigenvalue weighted by Gasteiger charge is -2.08. The zero-order chi connectivity index (χ0) is 11.7. The SMILES string of the molecule is Clc1ncc(CNc2cccc3c2CCO3)s1.